The minimum absolute atomic E-state index is 0.486. The average molecular weight is 141 g/mol. The molecular formula is C9H19N. The Morgan fingerprint density at radius 3 is 2.40 bits per heavy atom. The van der Waals surface area contributed by atoms with Crippen molar-refractivity contribution in [3.05, 3.63) is 0 Å². The first kappa shape index (κ1) is 8.06. The second-order valence-electron chi connectivity index (χ2n) is 4.02. The largest absolute Gasteiger partial charge is 0.328 e. The molecular weight excluding hydrogens is 122 g/mol. The molecule has 0 aromatic rings. The number of nitrogens with two attached hydrogens (primary N) is 1. The fraction of sp³-hybridized carbons (Fsp3) is 1.00. The summed E-state index contributed by atoms with van der Waals surface area (Å²) in [5, 5.41) is 0. The van der Waals surface area contributed by atoms with Gasteiger partial charge in [-0.25, -0.2) is 0 Å². The van der Waals surface area contributed by atoms with Crippen molar-refractivity contribution in [1.82, 2.24) is 0 Å². The Hall–Kier alpha value is -0.0400. The third-order valence-electron chi connectivity index (χ3n) is 2.54. The molecule has 0 saturated heterocycles. The average Bonchev–Trinajstić information content (AvgIpc) is 1.93. The van der Waals surface area contributed by atoms with Gasteiger partial charge < -0.3 is 5.73 Å². The van der Waals surface area contributed by atoms with E-state index >= 15 is 0 Å². The number of hydrogen-bond donors (Lipinski definition) is 1. The van der Waals surface area contributed by atoms with Crippen LogP contribution in [0.3, 0.4) is 0 Å². The minimum Gasteiger partial charge on any atom is -0.328 e. The van der Waals surface area contributed by atoms with E-state index in [4.69, 9.17) is 5.73 Å². The first-order valence-electron chi connectivity index (χ1n) is 4.44. The second-order valence-corrected chi connectivity index (χ2v) is 4.02. The molecule has 3 unspecified atom stereocenters. The van der Waals surface area contributed by atoms with E-state index < -0.39 is 0 Å². The Labute approximate surface area is 64.0 Å². The van der Waals surface area contributed by atoms with Crippen molar-refractivity contribution in [2.24, 2.45) is 17.6 Å². The molecule has 1 saturated carbocycles. The van der Waals surface area contributed by atoms with Gasteiger partial charge in [-0.05, 0) is 37.5 Å². The Kier molecular flexibility index (Phi) is 2.72. The zero-order chi connectivity index (χ0) is 7.56. The van der Waals surface area contributed by atoms with Crippen LogP contribution in [0.25, 0.3) is 0 Å². The zero-order valence-electron chi connectivity index (χ0n) is 7.14. The van der Waals surface area contributed by atoms with Crippen LogP contribution in [0.1, 0.15) is 39.5 Å². The van der Waals surface area contributed by atoms with Crippen LogP contribution >= 0.6 is 0 Å². The topological polar surface area (TPSA) is 26.0 Å². The molecule has 1 nitrogen and oxygen atoms in total. The SMILES string of the molecule is CC1CCC(N)CC(C)C1. The predicted octanol–water partition coefficient (Wildman–Crippen LogP) is 2.16. The number of rotatable bonds is 0. The molecule has 1 rings (SSSR count). The fourth-order valence-electron chi connectivity index (χ4n) is 2.03. The van der Waals surface area contributed by atoms with Gasteiger partial charge >= 0.3 is 0 Å². The van der Waals surface area contributed by atoms with Crippen molar-refractivity contribution in [3.63, 3.8) is 0 Å². The molecule has 1 aliphatic carbocycles. The van der Waals surface area contributed by atoms with E-state index in [1.807, 2.05) is 0 Å². The zero-order valence-corrected chi connectivity index (χ0v) is 7.14. The van der Waals surface area contributed by atoms with Gasteiger partial charge in [-0.1, -0.05) is 13.8 Å². The van der Waals surface area contributed by atoms with Gasteiger partial charge in [0.2, 0.25) is 0 Å². The van der Waals surface area contributed by atoms with Crippen LogP contribution < -0.4 is 5.73 Å². The lowest BCUT2D eigenvalue weighted by Gasteiger charge is -2.11. The molecule has 1 aliphatic rings. The summed E-state index contributed by atoms with van der Waals surface area (Å²) in [5.74, 6) is 1.76. The highest BCUT2D eigenvalue weighted by Crippen LogP contribution is 2.25. The van der Waals surface area contributed by atoms with E-state index in [1.54, 1.807) is 0 Å². The van der Waals surface area contributed by atoms with Gasteiger partial charge in [0.1, 0.15) is 0 Å². The monoisotopic (exact) mass is 141 g/mol. The standard InChI is InChI=1S/C9H19N/c1-7-3-4-9(10)6-8(2)5-7/h7-9H,3-6,10H2,1-2H3. The molecule has 0 heterocycles. The molecule has 60 valence electrons. The maximum atomic E-state index is 5.89. The molecule has 0 aliphatic heterocycles. The van der Waals surface area contributed by atoms with Gasteiger partial charge in [-0.2, -0.15) is 0 Å². The second kappa shape index (κ2) is 3.38. The molecule has 1 heteroatoms. The molecule has 3 atom stereocenters. The van der Waals surface area contributed by atoms with Crippen LogP contribution in [0.5, 0.6) is 0 Å². The molecule has 1 fully saturated rings. The summed E-state index contributed by atoms with van der Waals surface area (Å²) in [6.07, 6.45) is 5.20. The lowest BCUT2D eigenvalue weighted by molar-refractivity contribution is 0.418. The summed E-state index contributed by atoms with van der Waals surface area (Å²) in [7, 11) is 0. The van der Waals surface area contributed by atoms with Crippen molar-refractivity contribution in [3.8, 4) is 0 Å². The first-order valence-corrected chi connectivity index (χ1v) is 4.44. The van der Waals surface area contributed by atoms with E-state index in [0.29, 0.717) is 6.04 Å². The van der Waals surface area contributed by atoms with E-state index in [9.17, 15) is 0 Å². The lowest BCUT2D eigenvalue weighted by Crippen LogP contribution is -2.20. The summed E-state index contributed by atoms with van der Waals surface area (Å²) in [6.45, 7) is 4.66. The van der Waals surface area contributed by atoms with Crippen molar-refractivity contribution in [2.75, 3.05) is 0 Å². The molecule has 0 radical (unpaired) electrons. The van der Waals surface area contributed by atoms with Gasteiger partial charge in [-0.3, -0.25) is 0 Å². The van der Waals surface area contributed by atoms with Crippen LogP contribution in [0.4, 0.5) is 0 Å². The van der Waals surface area contributed by atoms with Crippen molar-refractivity contribution >= 4 is 0 Å². The maximum absolute atomic E-state index is 5.89. The third kappa shape index (κ3) is 2.30. The van der Waals surface area contributed by atoms with Gasteiger partial charge in [0.25, 0.3) is 0 Å². The molecule has 0 aromatic heterocycles. The Morgan fingerprint density at radius 2 is 1.70 bits per heavy atom. The van der Waals surface area contributed by atoms with E-state index in [2.05, 4.69) is 13.8 Å². The van der Waals surface area contributed by atoms with Crippen LogP contribution in [0.2, 0.25) is 0 Å². The van der Waals surface area contributed by atoms with Crippen LogP contribution in [-0.2, 0) is 0 Å². The molecule has 0 amide bonds. The molecule has 10 heavy (non-hydrogen) atoms. The summed E-state index contributed by atoms with van der Waals surface area (Å²) in [4.78, 5) is 0. The van der Waals surface area contributed by atoms with Crippen molar-refractivity contribution < 1.29 is 0 Å². The maximum Gasteiger partial charge on any atom is 0.00414 e. The predicted molar refractivity (Wildman–Crippen MR) is 44.8 cm³/mol. The Morgan fingerprint density at radius 1 is 1.00 bits per heavy atom. The van der Waals surface area contributed by atoms with Crippen molar-refractivity contribution in [2.45, 2.75) is 45.6 Å². The molecule has 0 spiro atoms. The summed E-state index contributed by atoms with van der Waals surface area (Å²) >= 11 is 0. The summed E-state index contributed by atoms with van der Waals surface area (Å²) in [6, 6.07) is 0.486. The van der Waals surface area contributed by atoms with Crippen LogP contribution in [0, 0.1) is 11.8 Å². The smallest absolute Gasteiger partial charge is 0.00414 e. The normalized spacial score (nSPS) is 42.9. The third-order valence-corrected chi connectivity index (χ3v) is 2.54. The van der Waals surface area contributed by atoms with E-state index in [-0.39, 0.29) is 0 Å². The van der Waals surface area contributed by atoms with Crippen LogP contribution in [0.15, 0.2) is 0 Å². The quantitative estimate of drug-likeness (QED) is 0.514. The highest BCUT2D eigenvalue weighted by Gasteiger charge is 2.17. The number of hydrogen-bond acceptors (Lipinski definition) is 1. The molecule has 0 bridgehead atoms. The molecule has 2 N–H and O–H groups in total. The van der Waals surface area contributed by atoms with Crippen molar-refractivity contribution in [1.29, 1.82) is 0 Å². The minimum atomic E-state index is 0.486. The fourth-order valence-corrected chi connectivity index (χ4v) is 2.03. The first-order chi connectivity index (χ1) is 4.68. The summed E-state index contributed by atoms with van der Waals surface area (Å²) in [5.41, 5.74) is 5.89. The Balaban J connectivity index is 2.38. The van der Waals surface area contributed by atoms with Gasteiger partial charge in [0.15, 0.2) is 0 Å². The highest BCUT2D eigenvalue weighted by molar-refractivity contribution is 4.73. The van der Waals surface area contributed by atoms with Gasteiger partial charge in [0, 0.05) is 6.04 Å². The van der Waals surface area contributed by atoms with E-state index in [1.165, 1.54) is 25.7 Å². The van der Waals surface area contributed by atoms with Gasteiger partial charge in [-0.15, -0.1) is 0 Å². The highest BCUT2D eigenvalue weighted by atomic mass is 14.6. The van der Waals surface area contributed by atoms with Crippen LogP contribution in [-0.4, -0.2) is 6.04 Å². The molecule has 0 aromatic carbocycles. The Bertz CT molecular complexity index is 88.9. The van der Waals surface area contributed by atoms with E-state index in [0.717, 1.165) is 11.8 Å². The lowest BCUT2D eigenvalue weighted by atomic mass is 9.96. The summed E-state index contributed by atoms with van der Waals surface area (Å²) < 4.78 is 0. The van der Waals surface area contributed by atoms with Gasteiger partial charge in [0.05, 0.1) is 0 Å².